The van der Waals surface area contributed by atoms with Gasteiger partial charge in [0.15, 0.2) is 5.78 Å². The molecule has 1 aromatic rings. The van der Waals surface area contributed by atoms with E-state index in [0.29, 0.717) is 17.9 Å². The Kier molecular flexibility index (Phi) is 6.26. The lowest BCUT2D eigenvalue weighted by Gasteiger charge is -2.48. The van der Waals surface area contributed by atoms with Crippen LogP contribution in [0.25, 0.3) is 0 Å². The normalized spacial score (nSPS) is 41.8. The lowest BCUT2D eigenvalue weighted by molar-refractivity contribution is -0.148. The maximum absolute atomic E-state index is 13.9. The first-order chi connectivity index (χ1) is 15.3. The van der Waals surface area contributed by atoms with Gasteiger partial charge in [0.25, 0.3) is 0 Å². The van der Waals surface area contributed by atoms with Gasteiger partial charge >= 0.3 is 0 Å². The number of ketones is 1. The molecule has 1 saturated carbocycles. The summed E-state index contributed by atoms with van der Waals surface area (Å²) in [5.74, 6) is -0.797. The zero-order chi connectivity index (χ0) is 23.0. The van der Waals surface area contributed by atoms with Crippen molar-refractivity contribution >= 4 is 11.7 Å². The molecule has 1 heterocycles. The van der Waals surface area contributed by atoms with Crippen molar-refractivity contribution in [2.45, 2.75) is 52.2 Å². The predicted molar refractivity (Wildman–Crippen MR) is 127 cm³/mol. The van der Waals surface area contributed by atoms with E-state index in [2.05, 4.69) is 31.8 Å². The van der Waals surface area contributed by atoms with Gasteiger partial charge < -0.3 is 10.4 Å². The average Bonchev–Trinajstić information content (AvgIpc) is 3.04. The topological polar surface area (TPSA) is 66.4 Å². The van der Waals surface area contributed by atoms with Crippen molar-refractivity contribution in [2.24, 2.45) is 35.0 Å². The minimum absolute atomic E-state index is 0.166. The minimum Gasteiger partial charge on any atom is -0.388 e. The fourth-order valence-electron chi connectivity index (χ4n) is 6.34. The molecule has 1 saturated heterocycles. The zero-order valence-electron chi connectivity index (χ0n) is 19.3. The molecule has 0 radical (unpaired) electrons. The highest BCUT2D eigenvalue weighted by molar-refractivity contribution is 6.13. The Bertz CT molecular complexity index is 949. The van der Waals surface area contributed by atoms with Crippen LogP contribution in [0.15, 0.2) is 66.8 Å². The van der Waals surface area contributed by atoms with Crippen LogP contribution >= 0.6 is 0 Å². The smallest absolute Gasteiger partial charge is 0.235 e. The van der Waals surface area contributed by atoms with E-state index in [1.165, 1.54) is 0 Å². The van der Waals surface area contributed by atoms with Crippen LogP contribution in [0.4, 0.5) is 0 Å². The van der Waals surface area contributed by atoms with Crippen LogP contribution in [0.1, 0.15) is 39.2 Å². The highest BCUT2D eigenvalue weighted by Gasteiger charge is 2.67. The van der Waals surface area contributed by atoms with Gasteiger partial charge in [0.2, 0.25) is 5.91 Å². The number of hydrogen-bond donors (Lipinski definition) is 2. The lowest BCUT2D eigenvalue weighted by atomic mass is 9.52. The molecule has 32 heavy (non-hydrogen) atoms. The highest BCUT2D eigenvalue weighted by Crippen LogP contribution is 2.56. The van der Waals surface area contributed by atoms with Gasteiger partial charge in [0.05, 0.1) is 6.10 Å². The number of aliphatic hydroxyl groups excluding tert-OH is 1. The van der Waals surface area contributed by atoms with Crippen LogP contribution < -0.4 is 5.32 Å². The number of allylic oxidation sites excluding steroid dienone is 3. The van der Waals surface area contributed by atoms with Gasteiger partial charge in [0, 0.05) is 17.9 Å². The van der Waals surface area contributed by atoms with E-state index in [4.69, 9.17) is 0 Å². The SMILES string of the molecule is C=C1[C@H](C)[C@@H]2[C@@H](Cc3ccccc3)NC(=O)[C@@]23C(=O)/C=C/[C@@H](C)C[C@H](C)C/C=C/[C@@H]3[C@H]1O. The molecule has 8 atom stereocenters. The second-order valence-corrected chi connectivity index (χ2v) is 10.2. The van der Waals surface area contributed by atoms with E-state index in [1.807, 2.05) is 49.4 Å². The molecule has 170 valence electrons. The molecule has 2 N–H and O–H groups in total. The average molecular weight is 434 g/mol. The molecule has 2 aliphatic carbocycles. The molecule has 0 aromatic heterocycles. The van der Waals surface area contributed by atoms with Gasteiger partial charge in [-0.25, -0.2) is 0 Å². The van der Waals surface area contributed by atoms with Crippen LogP contribution in [0.3, 0.4) is 0 Å². The quantitative estimate of drug-likeness (QED) is 0.541. The molecule has 4 heteroatoms. The number of aliphatic hydroxyl groups is 1. The van der Waals surface area contributed by atoms with Gasteiger partial charge in [-0.1, -0.05) is 75.9 Å². The zero-order valence-corrected chi connectivity index (χ0v) is 19.3. The molecular formula is C28H35NO3. The number of hydrogen-bond acceptors (Lipinski definition) is 3. The molecular weight excluding hydrogens is 398 g/mol. The molecule has 1 amide bonds. The third kappa shape index (κ3) is 3.69. The van der Waals surface area contributed by atoms with E-state index in [1.54, 1.807) is 6.08 Å². The fourth-order valence-corrected chi connectivity index (χ4v) is 6.34. The monoisotopic (exact) mass is 433 g/mol. The Morgan fingerprint density at radius 2 is 1.84 bits per heavy atom. The summed E-state index contributed by atoms with van der Waals surface area (Å²) in [6, 6.07) is 9.86. The number of nitrogens with one attached hydrogen (secondary N) is 1. The van der Waals surface area contributed by atoms with E-state index in [-0.39, 0.29) is 35.5 Å². The van der Waals surface area contributed by atoms with Crippen molar-refractivity contribution in [3.8, 4) is 0 Å². The van der Waals surface area contributed by atoms with Crippen LogP contribution in [0.2, 0.25) is 0 Å². The Balaban J connectivity index is 1.84. The molecule has 1 aliphatic heterocycles. The van der Waals surface area contributed by atoms with Crippen molar-refractivity contribution < 1.29 is 14.7 Å². The van der Waals surface area contributed by atoms with Crippen LogP contribution in [-0.2, 0) is 16.0 Å². The molecule has 1 spiro atoms. The summed E-state index contributed by atoms with van der Waals surface area (Å²) in [5, 5.41) is 14.4. The van der Waals surface area contributed by atoms with Crippen LogP contribution in [-0.4, -0.2) is 28.9 Å². The van der Waals surface area contributed by atoms with Crippen molar-refractivity contribution in [3.05, 3.63) is 72.4 Å². The fraction of sp³-hybridized carbons (Fsp3) is 0.500. The van der Waals surface area contributed by atoms with Gasteiger partial charge in [-0.15, -0.1) is 0 Å². The Labute approximate surface area is 191 Å². The number of benzene rings is 1. The van der Waals surface area contributed by atoms with Crippen molar-refractivity contribution in [1.29, 1.82) is 0 Å². The molecule has 0 bridgehead atoms. The number of rotatable bonds is 2. The first kappa shape index (κ1) is 22.7. The third-order valence-electron chi connectivity index (χ3n) is 7.96. The third-order valence-corrected chi connectivity index (χ3v) is 7.96. The second kappa shape index (κ2) is 8.82. The molecule has 4 rings (SSSR count). The summed E-state index contributed by atoms with van der Waals surface area (Å²) < 4.78 is 0. The minimum atomic E-state index is -1.32. The largest absolute Gasteiger partial charge is 0.388 e. The second-order valence-electron chi connectivity index (χ2n) is 10.2. The Hall–Kier alpha value is -2.46. The number of carbonyl (C=O) groups is 2. The van der Waals surface area contributed by atoms with Crippen molar-refractivity contribution in [3.63, 3.8) is 0 Å². The predicted octanol–water partition coefficient (Wildman–Crippen LogP) is 4.26. The first-order valence-corrected chi connectivity index (χ1v) is 11.9. The molecule has 1 aromatic carbocycles. The highest BCUT2D eigenvalue weighted by atomic mass is 16.3. The maximum Gasteiger partial charge on any atom is 0.235 e. The standard InChI is InChI=1S/C28H35NO3/c1-17-9-8-12-22-26(31)20(4)19(3)25-23(16-21-10-6-5-7-11-21)29-27(32)28(22,25)24(30)14-13-18(2)15-17/h5-8,10-14,17-19,22-23,25-26,31H,4,9,15-16H2,1-3H3,(H,29,32)/b12-8+,14-13+/t17-,18-,19+,22-,23-,25-,26+,28+/m1/s1. The lowest BCUT2D eigenvalue weighted by Crippen LogP contribution is -2.58. The van der Waals surface area contributed by atoms with Crippen molar-refractivity contribution in [2.75, 3.05) is 0 Å². The summed E-state index contributed by atoms with van der Waals surface area (Å²) >= 11 is 0. The van der Waals surface area contributed by atoms with Crippen LogP contribution in [0, 0.1) is 35.0 Å². The number of amides is 1. The van der Waals surface area contributed by atoms with Gasteiger partial charge in [-0.3, -0.25) is 9.59 Å². The molecule has 2 fully saturated rings. The molecule has 4 nitrogen and oxygen atoms in total. The van der Waals surface area contributed by atoms with Gasteiger partial charge in [0.1, 0.15) is 5.41 Å². The Morgan fingerprint density at radius 3 is 2.56 bits per heavy atom. The summed E-state index contributed by atoms with van der Waals surface area (Å²) in [4.78, 5) is 27.6. The summed E-state index contributed by atoms with van der Waals surface area (Å²) in [7, 11) is 0. The first-order valence-electron chi connectivity index (χ1n) is 11.9. The maximum atomic E-state index is 13.9. The van der Waals surface area contributed by atoms with Gasteiger partial charge in [-0.05, 0) is 54.2 Å². The molecule has 0 unspecified atom stereocenters. The summed E-state index contributed by atoms with van der Waals surface area (Å²) in [6.07, 6.45) is 9.11. The van der Waals surface area contributed by atoms with E-state index >= 15 is 0 Å². The van der Waals surface area contributed by atoms with Crippen LogP contribution in [0.5, 0.6) is 0 Å². The van der Waals surface area contributed by atoms with Gasteiger partial charge in [-0.2, -0.15) is 0 Å². The van der Waals surface area contributed by atoms with E-state index in [9.17, 15) is 14.7 Å². The summed E-state index contributed by atoms with van der Waals surface area (Å²) in [6.45, 7) is 10.5. The van der Waals surface area contributed by atoms with Crippen molar-refractivity contribution in [1.82, 2.24) is 5.32 Å². The van der Waals surface area contributed by atoms with E-state index in [0.717, 1.165) is 18.4 Å². The summed E-state index contributed by atoms with van der Waals surface area (Å²) in [5.41, 5.74) is 0.510. The van der Waals surface area contributed by atoms with E-state index < -0.39 is 17.4 Å². The Morgan fingerprint density at radius 1 is 1.12 bits per heavy atom. The number of carbonyl (C=O) groups excluding carboxylic acids is 2. The molecule has 3 aliphatic rings.